The molecule has 2 aliphatic rings. The van der Waals surface area contributed by atoms with Crippen molar-refractivity contribution in [2.24, 2.45) is 0 Å². The van der Waals surface area contributed by atoms with Crippen LogP contribution in [0.3, 0.4) is 0 Å². The van der Waals surface area contributed by atoms with Crippen LogP contribution in [0.5, 0.6) is 0 Å². The van der Waals surface area contributed by atoms with Crippen LogP contribution in [0.1, 0.15) is 68.9 Å². The van der Waals surface area contributed by atoms with E-state index in [1.807, 2.05) is 0 Å². The third-order valence-corrected chi connectivity index (χ3v) is 11.6. The van der Waals surface area contributed by atoms with Crippen LogP contribution in [0.25, 0.3) is 77.5 Å². The molecule has 11 aromatic rings. The lowest BCUT2D eigenvalue weighted by Crippen LogP contribution is -2.26. The fraction of sp³-hybridized carbons (Fsp3) is 0.0154. The van der Waals surface area contributed by atoms with Crippen molar-refractivity contribution < 1.29 is 46.6 Å². The maximum absolute atomic E-state index is 10.9. The second-order valence-corrected chi connectivity index (χ2v) is 14.9. The van der Waals surface area contributed by atoms with Crippen molar-refractivity contribution in [3.63, 3.8) is 0 Å². The SMILES string of the molecule is [2H]c1cc(-c2c(-c3cc([2H])c(N(c4c([2H])c([2H])c5c(c4[2H])C4(c6cccc([2H])c6-c6c([2H])c([2H])c([2H])c([2H])c64)c4c([2H])c([2H])c([2H])c([2H])c4-5)c4c([2H])c([2H])c([2H])c([2H])c4-c4c([2H])c([2H])c([2H])c([2H])c4[2H])c([2H])c3[2H])ccc3c([2H])c([2H])c([2H])c([2H])c23)c([2H])cc1-c1c([2H])cc([2H])c([2H])c1[2H]. The Morgan fingerprint density at radius 1 is 0.318 bits per heavy atom. The van der Waals surface area contributed by atoms with E-state index in [4.69, 9.17) is 20.6 Å². The first-order valence-corrected chi connectivity index (χ1v) is 20.1. The van der Waals surface area contributed by atoms with Crippen molar-refractivity contribution in [1.29, 1.82) is 0 Å². The van der Waals surface area contributed by atoms with E-state index < -0.39 is 278 Å². The van der Waals surface area contributed by atoms with E-state index >= 15 is 0 Å². The van der Waals surface area contributed by atoms with Gasteiger partial charge in [0.15, 0.2) is 0 Å². The van der Waals surface area contributed by atoms with Crippen molar-refractivity contribution >= 4 is 27.8 Å². The third kappa shape index (κ3) is 5.80. The van der Waals surface area contributed by atoms with Crippen LogP contribution in [0.15, 0.2) is 260 Å². The zero-order valence-electron chi connectivity index (χ0n) is 67.6. The predicted molar refractivity (Wildman–Crippen MR) is 277 cm³/mol. The number of anilines is 3. The third-order valence-electron chi connectivity index (χ3n) is 11.6. The first-order chi connectivity index (χ1) is 46.9. The smallest absolute Gasteiger partial charge is 0.0726 e. The van der Waals surface area contributed by atoms with Gasteiger partial charge in [0.25, 0.3) is 0 Å². The van der Waals surface area contributed by atoms with Crippen LogP contribution >= 0.6 is 0 Å². The van der Waals surface area contributed by atoms with Crippen molar-refractivity contribution in [2.45, 2.75) is 5.41 Å². The Bertz CT molecular complexity index is 5660. The molecule has 66 heavy (non-hydrogen) atoms. The number of fused-ring (bicyclic) bond motifs is 11. The molecule has 0 fully saturated rings. The molecule has 0 saturated carbocycles. The number of hydrogen-bond donors (Lipinski definition) is 0. The highest BCUT2D eigenvalue weighted by Gasteiger charge is 2.51. The molecule has 0 radical (unpaired) electrons. The molecule has 0 saturated heterocycles. The van der Waals surface area contributed by atoms with E-state index in [0.29, 0.717) is 4.90 Å². The van der Waals surface area contributed by atoms with E-state index in [9.17, 15) is 26.0 Å². The summed E-state index contributed by atoms with van der Waals surface area (Å²) in [5.74, 6) is 0. The van der Waals surface area contributed by atoms with Gasteiger partial charge >= 0.3 is 0 Å². The first-order valence-electron chi connectivity index (χ1n) is 37.1. The Hall–Kier alpha value is -8.52. The molecule has 1 heteroatoms. The Balaban J connectivity index is 1.22. The van der Waals surface area contributed by atoms with Gasteiger partial charge in [0, 0.05) is 16.9 Å². The first kappa shape index (κ1) is 17.1. The van der Waals surface area contributed by atoms with Gasteiger partial charge in [0.2, 0.25) is 0 Å². The molecule has 1 nitrogen and oxygen atoms in total. The van der Waals surface area contributed by atoms with Gasteiger partial charge in [0.1, 0.15) is 0 Å². The van der Waals surface area contributed by atoms with Crippen LogP contribution in [-0.4, -0.2) is 0 Å². The number of hydrogen-bond acceptors (Lipinski definition) is 1. The summed E-state index contributed by atoms with van der Waals surface area (Å²) < 4.78 is 317. The van der Waals surface area contributed by atoms with Crippen LogP contribution in [0.4, 0.5) is 17.1 Å². The van der Waals surface area contributed by atoms with Crippen LogP contribution in [-0.2, 0) is 5.41 Å². The zero-order chi connectivity index (χ0) is 73.2. The summed E-state index contributed by atoms with van der Waals surface area (Å²) in [5.41, 5.74) is -13.8. The van der Waals surface area contributed by atoms with Gasteiger partial charge in [-0.15, -0.1) is 0 Å². The fourth-order valence-corrected chi connectivity index (χ4v) is 8.87. The predicted octanol–water partition coefficient (Wildman–Crippen LogP) is 17.3. The molecule has 11 aromatic carbocycles. The highest BCUT2D eigenvalue weighted by molar-refractivity contribution is 6.05. The van der Waals surface area contributed by atoms with E-state index in [1.165, 1.54) is 30.3 Å². The summed E-state index contributed by atoms with van der Waals surface area (Å²) in [7, 11) is 0. The Morgan fingerprint density at radius 2 is 0.970 bits per heavy atom. The highest BCUT2D eigenvalue weighted by atomic mass is 15.1. The largest absolute Gasteiger partial charge is 0.310 e. The van der Waals surface area contributed by atoms with E-state index in [-0.39, 0.29) is 49.7 Å². The molecular formula is C65H43N. The van der Waals surface area contributed by atoms with Crippen molar-refractivity contribution in [1.82, 2.24) is 0 Å². The number of nitrogens with zero attached hydrogens (tertiary/aromatic N) is 1. The summed E-state index contributed by atoms with van der Waals surface area (Å²) in [6.07, 6.45) is 0. The average molecular weight is 872 g/mol. The summed E-state index contributed by atoms with van der Waals surface area (Å²) in [5, 5.41) is -0.543. The molecule has 308 valence electrons. The molecule has 0 aromatic heterocycles. The van der Waals surface area contributed by atoms with Gasteiger partial charge < -0.3 is 4.90 Å². The van der Waals surface area contributed by atoms with Gasteiger partial charge in [-0.05, 0) is 124 Å². The topological polar surface area (TPSA) is 3.24 Å². The molecule has 1 atom stereocenters. The normalized spacial score (nSPS) is 21.3. The van der Waals surface area contributed by atoms with E-state index in [0.717, 1.165) is 24.3 Å². The summed E-state index contributed by atoms with van der Waals surface area (Å²) >= 11 is 0. The van der Waals surface area contributed by atoms with Crippen molar-refractivity contribution in [3.8, 4) is 66.8 Å². The van der Waals surface area contributed by atoms with Gasteiger partial charge in [0.05, 0.1) is 57.7 Å². The molecule has 0 aliphatic heterocycles. The summed E-state index contributed by atoms with van der Waals surface area (Å²) in [4.78, 5) is 0.481. The molecule has 0 N–H and O–H groups in total. The quantitative estimate of drug-likeness (QED) is 0.154. The second kappa shape index (κ2) is 15.3. The summed E-state index contributed by atoms with van der Waals surface area (Å²) in [6, 6.07) is -20.1. The van der Waals surface area contributed by atoms with E-state index in [1.54, 1.807) is 0 Å². The molecule has 1 spiro atoms. The zero-order valence-corrected chi connectivity index (χ0v) is 33.6. The second-order valence-electron chi connectivity index (χ2n) is 14.9. The molecular weight excluding hydrogens is 795 g/mol. The summed E-state index contributed by atoms with van der Waals surface area (Å²) in [6.45, 7) is 0. The van der Waals surface area contributed by atoms with Gasteiger partial charge in [-0.3, -0.25) is 0 Å². The maximum Gasteiger partial charge on any atom is 0.0726 e. The lowest BCUT2D eigenvalue weighted by atomic mass is 9.70. The lowest BCUT2D eigenvalue weighted by molar-refractivity contribution is 0.793. The van der Waals surface area contributed by atoms with Gasteiger partial charge in [-0.2, -0.15) is 0 Å². The standard InChI is InChI=1S/C65H43N/c1-3-17-44(18-4-1)45-31-33-49(34-32-45)64-53-23-8-7-21-47(53)37-41-54(64)48-35-38-50(39-36-48)66(63-30-16-12-22-52(63)46-19-5-2-6-20-46)51-40-42-58-57-26-11-15-29-61(57)65(62(58)43-51)59-27-13-9-24-55(59)56-25-10-14-28-60(56)65/h1-43H/i1D,2D,3D,5D,6D,7D,8D,9D,11D,12D,13D,15D,16D,17D,18D,19D,20D,21D,22D,23D,24D,25D,26D,27D,29D,30D,31D,34D,35D,38D,39D,40D,42D,43D. The average Bonchev–Trinajstić information content (AvgIpc) is 1.48. The number of rotatable bonds is 7. The number of benzene rings is 11. The van der Waals surface area contributed by atoms with Crippen molar-refractivity contribution in [3.05, 3.63) is 282 Å². The Labute approximate surface area is 434 Å². The number of para-hydroxylation sites is 1. The molecule has 0 amide bonds. The molecule has 0 heterocycles. The minimum atomic E-state index is -2.68. The lowest BCUT2D eigenvalue weighted by Gasteiger charge is -2.32. The Kier molecular flexibility index (Phi) is 3.98. The van der Waals surface area contributed by atoms with Crippen LogP contribution in [0, 0.1) is 0 Å². The van der Waals surface area contributed by atoms with Crippen molar-refractivity contribution in [2.75, 3.05) is 4.90 Å². The maximum atomic E-state index is 10.9. The monoisotopic (exact) mass is 872 g/mol. The van der Waals surface area contributed by atoms with Gasteiger partial charge in [-0.25, -0.2) is 0 Å². The minimum absolute atomic E-state index is 0.194. The minimum Gasteiger partial charge on any atom is -0.310 e. The van der Waals surface area contributed by atoms with Crippen LogP contribution < -0.4 is 4.90 Å². The van der Waals surface area contributed by atoms with E-state index in [2.05, 4.69) is 0 Å². The van der Waals surface area contributed by atoms with Crippen LogP contribution in [0.2, 0.25) is 0 Å². The van der Waals surface area contributed by atoms with Gasteiger partial charge in [-0.1, -0.05) is 230 Å². The molecule has 2 aliphatic carbocycles. The molecule has 1 unspecified atom stereocenters. The fourth-order valence-electron chi connectivity index (χ4n) is 8.87. The Morgan fingerprint density at radius 3 is 1.83 bits per heavy atom. The highest BCUT2D eigenvalue weighted by Crippen LogP contribution is 2.63. The molecule has 13 rings (SSSR count). The molecule has 0 bridgehead atoms.